The molecule has 2 amide bonds. The third-order valence-corrected chi connectivity index (χ3v) is 6.59. The monoisotopic (exact) mass is 445 g/mol. The van der Waals surface area contributed by atoms with Gasteiger partial charge in [0.1, 0.15) is 11.4 Å². The second-order valence-corrected chi connectivity index (χ2v) is 8.47. The molecule has 1 saturated heterocycles. The van der Waals surface area contributed by atoms with Gasteiger partial charge < -0.3 is 24.3 Å². The molecule has 0 saturated carbocycles. The summed E-state index contributed by atoms with van der Waals surface area (Å²) >= 11 is 0. The third kappa shape index (κ3) is 3.89. The smallest absolute Gasteiger partial charge is 0.270 e. The molecule has 33 heavy (non-hydrogen) atoms. The molecule has 2 aliphatic heterocycles. The van der Waals surface area contributed by atoms with Crippen molar-refractivity contribution in [3.63, 3.8) is 0 Å². The Morgan fingerprint density at radius 3 is 2.58 bits per heavy atom. The van der Waals surface area contributed by atoms with Crippen LogP contribution in [0, 0.1) is 0 Å². The standard InChI is InChI=1S/C26H27N3O4/c1-32-20-9-7-17(8-10-20)16-29-23(24(33-2)26(29)31)18-11-13-28(14-12-18)25(30)22-15-19-5-3-4-6-21(19)27-22/h3-11,15,23-24,27H,12-14,16H2,1-2H3/t23-,24+/m0/s1. The first-order valence-corrected chi connectivity index (χ1v) is 11.1. The van der Waals surface area contributed by atoms with Gasteiger partial charge in [0.25, 0.3) is 11.8 Å². The molecule has 2 aromatic carbocycles. The van der Waals surface area contributed by atoms with Crippen LogP contribution >= 0.6 is 0 Å². The third-order valence-electron chi connectivity index (χ3n) is 6.59. The summed E-state index contributed by atoms with van der Waals surface area (Å²) in [5.41, 5.74) is 3.74. The highest BCUT2D eigenvalue weighted by Crippen LogP contribution is 2.34. The van der Waals surface area contributed by atoms with E-state index in [2.05, 4.69) is 11.1 Å². The van der Waals surface area contributed by atoms with Crippen molar-refractivity contribution in [2.45, 2.75) is 25.1 Å². The largest absolute Gasteiger partial charge is 0.497 e. The van der Waals surface area contributed by atoms with Crippen molar-refractivity contribution in [3.05, 3.63) is 77.5 Å². The number of hydrogen-bond acceptors (Lipinski definition) is 4. The van der Waals surface area contributed by atoms with Crippen molar-refractivity contribution in [3.8, 4) is 5.75 Å². The molecule has 0 aliphatic carbocycles. The fourth-order valence-electron chi connectivity index (χ4n) is 4.74. The second kappa shape index (κ2) is 8.75. The summed E-state index contributed by atoms with van der Waals surface area (Å²) in [4.78, 5) is 32.6. The van der Waals surface area contributed by atoms with Gasteiger partial charge in [-0.2, -0.15) is 0 Å². The number of nitrogens with one attached hydrogen (secondary N) is 1. The molecule has 3 heterocycles. The lowest BCUT2D eigenvalue weighted by atomic mass is 9.86. The van der Waals surface area contributed by atoms with Gasteiger partial charge in [-0.05, 0) is 41.8 Å². The summed E-state index contributed by atoms with van der Waals surface area (Å²) in [6, 6.07) is 17.4. The summed E-state index contributed by atoms with van der Waals surface area (Å²) in [5, 5.41) is 1.03. The Kier molecular flexibility index (Phi) is 5.64. The molecule has 2 aliphatic rings. The van der Waals surface area contributed by atoms with Crippen molar-refractivity contribution in [2.75, 3.05) is 27.3 Å². The highest BCUT2D eigenvalue weighted by molar-refractivity contribution is 5.98. The van der Waals surface area contributed by atoms with Crippen molar-refractivity contribution in [1.29, 1.82) is 0 Å². The van der Waals surface area contributed by atoms with Crippen LogP contribution in [-0.2, 0) is 16.1 Å². The molecule has 1 fully saturated rings. The lowest BCUT2D eigenvalue weighted by molar-refractivity contribution is -0.168. The minimum Gasteiger partial charge on any atom is -0.497 e. The number of para-hydroxylation sites is 1. The number of carbonyl (C=O) groups excluding carboxylic acids is 2. The number of rotatable bonds is 6. The maximum atomic E-state index is 13.0. The predicted molar refractivity (Wildman–Crippen MR) is 125 cm³/mol. The fourth-order valence-corrected chi connectivity index (χ4v) is 4.74. The molecule has 170 valence electrons. The lowest BCUT2D eigenvalue weighted by Gasteiger charge is -2.48. The van der Waals surface area contributed by atoms with Crippen molar-refractivity contribution in [2.24, 2.45) is 0 Å². The summed E-state index contributed by atoms with van der Waals surface area (Å²) in [6.07, 6.45) is 2.32. The summed E-state index contributed by atoms with van der Waals surface area (Å²) in [6.45, 7) is 1.64. The average Bonchev–Trinajstić information content (AvgIpc) is 3.30. The molecular weight excluding hydrogens is 418 g/mol. The SMILES string of the molecule is COc1ccc(CN2C(=O)[C@H](OC)[C@@H]2C2=CCN(C(=O)c3cc4ccccc4[nH]3)CC2)cc1. The zero-order valence-electron chi connectivity index (χ0n) is 18.8. The van der Waals surface area contributed by atoms with Gasteiger partial charge in [0.05, 0.1) is 13.2 Å². The lowest BCUT2D eigenvalue weighted by Crippen LogP contribution is -2.66. The van der Waals surface area contributed by atoms with Crippen LogP contribution in [0.4, 0.5) is 0 Å². The van der Waals surface area contributed by atoms with Gasteiger partial charge in [0.15, 0.2) is 6.10 Å². The van der Waals surface area contributed by atoms with Gasteiger partial charge in [0.2, 0.25) is 0 Å². The topological polar surface area (TPSA) is 74.9 Å². The number of fused-ring (bicyclic) bond motifs is 1. The Morgan fingerprint density at radius 1 is 1.12 bits per heavy atom. The molecule has 1 N–H and O–H groups in total. The summed E-state index contributed by atoms with van der Waals surface area (Å²) in [7, 11) is 3.21. The number of ether oxygens (including phenoxy) is 2. The van der Waals surface area contributed by atoms with Crippen LogP contribution in [0.1, 0.15) is 22.5 Å². The van der Waals surface area contributed by atoms with Crippen molar-refractivity contribution >= 4 is 22.7 Å². The molecule has 7 heteroatoms. The van der Waals surface area contributed by atoms with Crippen LogP contribution in [0.25, 0.3) is 10.9 Å². The number of aromatic amines is 1. The molecule has 3 aromatic rings. The normalized spacial score (nSPS) is 20.5. The van der Waals surface area contributed by atoms with Gasteiger partial charge in [-0.1, -0.05) is 36.4 Å². The van der Waals surface area contributed by atoms with Gasteiger partial charge in [-0.3, -0.25) is 9.59 Å². The molecule has 0 bridgehead atoms. The van der Waals surface area contributed by atoms with E-state index in [0.717, 1.165) is 27.8 Å². The van der Waals surface area contributed by atoms with Gasteiger partial charge in [0, 0.05) is 37.6 Å². The fraction of sp³-hybridized carbons (Fsp3) is 0.308. The molecule has 7 nitrogen and oxygen atoms in total. The zero-order valence-corrected chi connectivity index (χ0v) is 18.8. The molecule has 0 unspecified atom stereocenters. The first-order chi connectivity index (χ1) is 16.1. The number of nitrogens with zero attached hydrogens (tertiary/aromatic N) is 2. The van der Waals surface area contributed by atoms with Crippen LogP contribution in [0.3, 0.4) is 0 Å². The Morgan fingerprint density at radius 2 is 1.91 bits per heavy atom. The maximum absolute atomic E-state index is 13.0. The van der Waals surface area contributed by atoms with E-state index in [-0.39, 0.29) is 17.9 Å². The highest BCUT2D eigenvalue weighted by atomic mass is 16.5. The maximum Gasteiger partial charge on any atom is 0.270 e. The van der Waals surface area contributed by atoms with Crippen LogP contribution in [0.15, 0.2) is 66.2 Å². The average molecular weight is 446 g/mol. The summed E-state index contributed by atoms with van der Waals surface area (Å²) < 4.78 is 10.7. The van der Waals surface area contributed by atoms with Crippen molar-refractivity contribution < 1.29 is 19.1 Å². The number of aromatic nitrogens is 1. The number of benzene rings is 2. The highest BCUT2D eigenvalue weighted by Gasteiger charge is 2.49. The number of H-pyrrole nitrogens is 1. The zero-order chi connectivity index (χ0) is 22.9. The van der Waals surface area contributed by atoms with Crippen molar-refractivity contribution in [1.82, 2.24) is 14.8 Å². The second-order valence-electron chi connectivity index (χ2n) is 8.47. The van der Waals surface area contributed by atoms with Crippen LogP contribution in [0.2, 0.25) is 0 Å². The Labute approximate surface area is 192 Å². The van der Waals surface area contributed by atoms with Crippen LogP contribution in [0.5, 0.6) is 5.75 Å². The minimum absolute atomic E-state index is 0.00389. The Balaban J connectivity index is 1.29. The van der Waals surface area contributed by atoms with Gasteiger partial charge in [-0.25, -0.2) is 0 Å². The first-order valence-electron chi connectivity index (χ1n) is 11.1. The number of likely N-dealkylation sites (tertiary alicyclic amines) is 1. The van der Waals surface area contributed by atoms with E-state index >= 15 is 0 Å². The Bertz CT molecular complexity index is 1180. The molecule has 0 spiro atoms. The number of amides is 2. The van der Waals surface area contributed by atoms with E-state index < -0.39 is 6.10 Å². The predicted octanol–water partition coefficient (Wildman–Crippen LogP) is 3.37. The number of carbonyl (C=O) groups is 2. The van der Waals surface area contributed by atoms with Gasteiger partial charge in [-0.15, -0.1) is 0 Å². The van der Waals surface area contributed by atoms with Crippen LogP contribution in [-0.4, -0.2) is 66.1 Å². The quantitative estimate of drug-likeness (QED) is 0.466. The molecule has 0 radical (unpaired) electrons. The van der Waals surface area contributed by atoms with E-state index in [4.69, 9.17) is 9.47 Å². The van der Waals surface area contributed by atoms with Crippen LogP contribution < -0.4 is 4.74 Å². The van der Waals surface area contributed by atoms with E-state index in [1.165, 1.54) is 0 Å². The number of β-lactam (4-membered cyclic amide) rings is 1. The Hall–Kier alpha value is -3.58. The first kappa shape index (κ1) is 21.3. The minimum atomic E-state index is -0.467. The van der Waals surface area contributed by atoms with E-state index in [1.54, 1.807) is 14.2 Å². The molecular formula is C26H27N3O4. The molecule has 2 atom stereocenters. The number of methoxy groups -OCH3 is 2. The van der Waals surface area contributed by atoms with E-state index in [0.29, 0.717) is 31.7 Å². The van der Waals surface area contributed by atoms with Gasteiger partial charge >= 0.3 is 0 Å². The van der Waals surface area contributed by atoms with E-state index in [1.807, 2.05) is 64.4 Å². The molecule has 1 aromatic heterocycles. The summed E-state index contributed by atoms with van der Waals surface area (Å²) in [5.74, 6) is 0.773. The molecule has 5 rings (SSSR count). The van der Waals surface area contributed by atoms with E-state index in [9.17, 15) is 9.59 Å². The number of hydrogen-bond donors (Lipinski definition) is 1.